The minimum absolute atomic E-state index is 0.0454. The van der Waals surface area contributed by atoms with Crippen LogP contribution in [-0.2, 0) is 11.0 Å². The number of aromatic nitrogens is 2. The van der Waals surface area contributed by atoms with Gasteiger partial charge in [0, 0.05) is 11.6 Å². The van der Waals surface area contributed by atoms with E-state index in [0.29, 0.717) is 5.69 Å². The molecular formula is C23H22F3N3O4. The number of rotatable bonds is 9. The lowest BCUT2D eigenvalue weighted by Crippen LogP contribution is -2.38. The number of benzene rings is 2. The van der Waals surface area contributed by atoms with Gasteiger partial charge in [0.2, 0.25) is 5.88 Å². The van der Waals surface area contributed by atoms with Crippen LogP contribution in [0, 0.1) is 0 Å². The summed E-state index contributed by atoms with van der Waals surface area (Å²) in [6.07, 6.45) is -5.48. The van der Waals surface area contributed by atoms with Crippen LogP contribution in [0.4, 0.5) is 13.2 Å². The molecule has 1 amide bonds. The highest BCUT2D eigenvalue weighted by Crippen LogP contribution is 2.31. The molecule has 1 aromatic heterocycles. The number of ether oxygens (including phenoxy) is 3. The van der Waals surface area contributed by atoms with E-state index in [1.165, 1.54) is 19.1 Å². The molecule has 1 unspecified atom stereocenters. The standard InChI is InChI=1S/C23H22F3N3O4/c1-15(33-19-5-3-4-17(14-19)23(24,25)26)22(30)27-12-13-32-21-11-10-20(28-29-21)16-6-8-18(31-2)9-7-16/h3-11,14-15H,12-13H2,1-2H3,(H,27,30). The van der Waals surface area contributed by atoms with Crippen molar-refractivity contribution in [1.29, 1.82) is 0 Å². The fraction of sp³-hybridized carbons (Fsp3) is 0.261. The summed E-state index contributed by atoms with van der Waals surface area (Å²) in [5, 5.41) is 10.7. The van der Waals surface area contributed by atoms with Crippen molar-refractivity contribution in [1.82, 2.24) is 15.5 Å². The predicted octanol–water partition coefficient (Wildman–Crippen LogP) is 4.13. The van der Waals surface area contributed by atoms with Crippen LogP contribution in [0.2, 0.25) is 0 Å². The number of nitrogens with one attached hydrogen (secondary N) is 1. The van der Waals surface area contributed by atoms with E-state index >= 15 is 0 Å². The molecule has 0 aliphatic carbocycles. The van der Waals surface area contributed by atoms with E-state index in [1.807, 2.05) is 24.3 Å². The number of alkyl halides is 3. The maximum Gasteiger partial charge on any atom is 0.416 e. The third-order valence-electron chi connectivity index (χ3n) is 4.52. The van der Waals surface area contributed by atoms with Gasteiger partial charge in [-0.3, -0.25) is 4.79 Å². The Hall–Kier alpha value is -3.82. The molecule has 0 fully saturated rings. The van der Waals surface area contributed by atoms with Gasteiger partial charge in [-0.05, 0) is 55.5 Å². The number of carbonyl (C=O) groups is 1. The van der Waals surface area contributed by atoms with Gasteiger partial charge >= 0.3 is 6.18 Å². The van der Waals surface area contributed by atoms with Crippen molar-refractivity contribution in [3.05, 3.63) is 66.2 Å². The first-order valence-electron chi connectivity index (χ1n) is 9.99. The molecule has 0 saturated carbocycles. The zero-order valence-corrected chi connectivity index (χ0v) is 17.9. The summed E-state index contributed by atoms with van der Waals surface area (Å²) in [6.45, 7) is 1.72. The Balaban J connectivity index is 1.43. The van der Waals surface area contributed by atoms with Gasteiger partial charge in [-0.2, -0.15) is 13.2 Å². The minimum atomic E-state index is -4.49. The van der Waals surface area contributed by atoms with Gasteiger partial charge < -0.3 is 19.5 Å². The first kappa shape index (κ1) is 23.8. The highest BCUT2D eigenvalue weighted by atomic mass is 19.4. The van der Waals surface area contributed by atoms with Gasteiger partial charge in [-0.25, -0.2) is 0 Å². The maximum absolute atomic E-state index is 12.8. The molecule has 0 bridgehead atoms. The topological polar surface area (TPSA) is 82.6 Å². The van der Waals surface area contributed by atoms with Crippen LogP contribution in [0.5, 0.6) is 17.4 Å². The monoisotopic (exact) mass is 461 g/mol. The van der Waals surface area contributed by atoms with Gasteiger partial charge in [0.1, 0.15) is 18.1 Å². The summed E-state index contributed by atoms with van der Waals surface area (Å²) < 4.78 is 54.2. The van der Waals surface area contributed by atoms with Crippen molar-refractivity contribution in [3.8, 4) is 28.6 Å². The molecule has 33 heavy (non-hydrogen) atoms. The van der Waals surface area contributed by atoms with Gasteiger partial charge in [0.15, 0.2) is 6.10 Å². The number of halogens is 3. The van der Waals surface area contributed by atoms with Crippen molar-refractivity contribution in [2.45, 2.75) is 19.2 Å². The lowest BCUT2D eigenvalue weighted by molar-refractivity contribution is -0.137. The van der Waals surface area contributed by atoms with Crippen molar-refractivity contribution >= 4 is 5.91 Å². The van der Waals surface area contributed by atoms with Crippen molar-refractivity contribution < 1.29 is 32.2 Å². The lowest BCUT2D eigenvalue weighted by Gasteiger charge is -2.16. The summed E-state index contributed by atoms with van der Waals surface area (Å²) in [5.41, 5.74) is 0.691. The van der Waals surface area contributed by atoms with E-state index in [4.69, 9.17) is 14.2 Å². The number of methoxy groups -OCH3 is 1. The summed E-state index contributed by atoms with van der Waals surface area (Å²) >= 11 is 0. The van der Waals surface area contributed by atoms with Crippen LogP contribution in [0.15, 0.2) is 60.7 Å². The van der Waals surface area contributed by atoms with E-state index in [2.05, 4.69) is 15.5 Å². The first-order chi connectivity index (χ1) is 15.8. The molecule has 3 aromatic rings. The second-order valence-electron chi connectivity index (χ2n) is 6.91. The van der Waals surface area contributed by atoms with Crippen LogP contribution < -0.4 is 19.5 Å². The largest absolute Gasteiger partial charge is 0.497 e. The Morgan fingerprint density at radius 3 is 2.42 bits per heavy atom. The smallest absolute Gasteiger partial charge is 0.416 e. The molecule has 0 aliphatic heterocycles. The number of hydrogen-bond acceptors (Lipinski definition) is 6. The van der Waals surface area contributed by atoms with Gasteiger partial charge in [-0.15, -0.1) is 10.2 Å². The number of carbonyl (C=O) groups excluding carboxylic acids is 1. The molecule has 0 saturated heterocycles. The van der Waals surface area contributed by atoms with E-state index in [-0.39, 0.29) is 24.8 Å². The summed E-state index contributed by atoms with van der Waals surface area (Å²) in [5.74, 6) is 0.492. The SMILES string of the molecule is COc1ccc(-c2ccc(OCCNC(=O)C(C)Oc3cccc(C(F)(F)F)c3)nn2)cc1. The second-order valence-corrected chi connectivity index (χ2v) is 6.91. The van der Waals surface area contributed by atoms with Gasteiger partial charge in [0.05, 0.1) is 24.9 Å². The van der Waals surface area contributed by atoms with Gasteiger partial charge in [0.25, 0.3) is 5.91 Å². The normalized spacial score (nSPS) is 12.0. The highest BCUT2D eigenvalue weighted by molar-refractivity contribution is 5.80. The van der Waals surface area contributed by atoms with E-state index in [9.17, 15) is 18.0 Å². The molecule has 0 aliphatic rings. The fourth-order valence-electron chi connectivity index (χ4n) is 2.79. The van der Waals surface area contributed by atoms with Gasteiger partial charge in [-0.1, -0.05) is 6.07 Å². The maximum atomic E-state index is 12.8. The highest BCUT2D eigenvalue weighted by Gasteiger charge is 2.30. The molecule has 0 radical (unpaired) electrons. The third-order valence-corrected chi connectivity index (χ3v) is 4.52. The van der Waals surface area contributed by atoms with Crippen LogP contribution in [0.1, 0.15) is 12.5 Å². The quantitative estimate of drug-likeness (QED) is 0.483. The molecule has 2 aromatic carbocycles. The molecular weight excluding hydrogens is 439 g/mol. The third kappa shape index (κ3) is 6.83. The average Bonchev–Trinajstić information content (AvgIpc) is 2.82. The zero-order chi connectivity index (χ0) is 23.8. The Morgan fingerprint density at radius 2 is 1.79 bits per heavy atom. The summed E-state index contributed by atoms with van der Waals surface area (Å²) in [6, 6.07) is 15.1. The zero-order valence-electron chi connectivity index (χ0n) is 17.9. The van der Waals surface area contributed by atoms with Crippen molar-refractivity contribution in [2.75, 3.05) is 20.3 Å². The Morgan fingerprint density at radius 1 is 1.03 bits per heavy atom. The number of nitrogens with zero attached hydrogens (tertiary/aromatic N) is 2. The molecule has 1 heterocycles. The molecule has 10 heteroatoms. The minimum Gasteiger partial charge on any atom is -0.497 e. The first-order valence-corrected chi connectivity index (χ1v) is 9.99. The Bertz CT molecular complexity index is 1060. The van der Waals surface area contributed by atoms with Crippen molar-refractivity contribution in [2.24, 2.45) is 0 Å². The van der Waals surface area contributed by atoms with Crippen LogP contribution >= 0.6 is 0 Å². The Kier molecular flexibility index (Phi) is 7.70. The average molecular weight is 461 g/mol. The molecule has 174 valence electrons. The Labute approximate surface area is 188 Å². The van der Waals surface area contributed by atoms with Crippen LogP contribution in [-0.4, -0.2) is 42.5 Å². The van der Waals surface area contributed by atoms with Crippen LogP contribution in [0.25, 0.3) is 11.3 Å². The van der Waals surface area contributed by atoms with E-state index < -0.39 is 23.8 Å². The molecule has 1 N–H and O–H groups in total. The lowest BCUT2D eigenvalue weighted by atomic mass is 10.1. The summed E-state index contributed by atoms with van der Waals surface area (Å²) in [4.78, 5) is 12.1. The number of hydrogen-bond donors (Lipinski definition) is 1. The molecule has 3 rings (SSSR count). The molecule has 1 atom stereocenters. The summed E-state index contributed by atoms with van der Waals surface area (Å²) in [7, 11) is 1.59. The second kappa shape index (κ2) is 10.7. The molecule has 7 nitrogen and oxygen atoms in total. The van der Waals surface area contributed by atoms with E-state index in [1.54, 1.807) is 19.2 Å². The van der Waals surface area contributed by atoms with Crippen LogP contribution in [0.3, 0.4) is 0 Å². The molecule has 0 spiro atoms. The fourth-order valence-corrected chi connectivity index (χ4v) is 2.79. The number of amides is 1. The van der Waals surface area contributed by atoms with E-state index in [0.717, 1.165) is 23.4 Å². The van der Waals surface area contributed by atoms with Crippen molar-refractivity contribution in [3.63, 3.8) is 0 Å². The predicted molar refractivity (Wildman–Crippen MR) is 114 cm³/mol.